The number of anilines is 2. The molecule has 2 aromatic carbocycles. The molecule has 1 N–H and O–H groups in total. The van der Waals surface area contributed by atoms with Crippen LogP contribution in [0.2, 0.25) is 0 Å². The van der Waals surface area contributed by atoms with Gasteiger partial charge in [-0.25, -0.2) is 4.79 Å². The first-order chi connectivity index (χ1) is 11.7. The van der Waals surface area contributed by atoms with E-state index in [-0.39, 0.29) is 0 Å². The highest BCUT2D eigenvalue weighted by Gasteiger charge is 2.19. The molecule has 1 aliphatic rings. The van der Waals surface area contributed by atoms with E-state index in [2.05, 4.69) is 57.4 Å². The minimum Gasteiger partial charge on any atom is -0.453 e. The Hall–Kier alpha value is -2.49. The van der Waals surface area contributed by atoms with Crippen LogP contribution in [0.1, 0.15) is 18.4 Å². The van der Waals surface area contributed by atoms with Crippen LogP contribution in [0.25, 0.3) is 0 Å². The minimum atomic E-state index is -0.440. The van der Waals surface area contributed by atoms with Crippen molar-refractivity contribution in [3.63, 3.8) is 0 Å². The van der Waals surface area contributed by atoms with Gasteiger partial charge < -0.3 is 9.64 Å². The molecule has 4 nitrogen and oxygen atoms in total. The van der Waals surface area contributed by atoms with Crippen LogP contribution in [-0.4, -0.2) is 26.3 Å². The first kappa shape index (κ1) is 16.4. The maximum absolute atomic E-state index is 11.2. The first-order valence-corrected chi connectivity index (χ1v) is 8.48. The monoisotopic (exact) mass is 324 g/mol. The van der Waals surface area contributed by atoms with Gasteiger partial charge in [-0.1, -0.05) is 30.3 Å². The second-order valence-corrected chi connectivity index (χ2v) is 6.28. The van der Waals surface area contributed by atoms with E-state index in [9.17, 15) is 4.79 Å². The average Bonchev–Trinajstić information content (AvgIpc) is 2.64. The Bertz CT molecular complexity index is 647. The fourth-order valence-electron chi connectivity index (χ4n) is 3.27. The summed E-state index contributed by atoms with van der Waals surface area (Å²) >= 11 is 0. The molecule has 0 saturated carbocycles. The van der Waals surface area contributed by atoms with Gasteiger partial charge in [0.1, 0.15) is 0 Å². The summed E-state index contributed by atoms with van der Waals surface area (Å²) in [5, 5.41) is 2.68. The number of piperidine rings is 1. The predicted octanol–water partition coefficient (Wildman–Crippen LogP) is 4.32. The molecule has 1 heterocycles. The number of nitrogens with zero attached hydrogens (tertiary/aromatic N) is 1. The summed E-state index contributed by atoms with van der Waals surface area (Å²) in [6.45, 7) is 2.17. The lowest BCUT2D eigenvalue weighted by atomic mass is 9.90. The van der Waals surface area contributed by atoms with Gasteiger partial charge in [0, 0.05) is 24.5 Å². The van der Waals surface area contributed by atoms with Gasteiger partial charge in [0.05, 0.1) is 7.11 Å². The topological polar surface area (TPSA) is 41.6 Å². The molecule has 0 unspecified atom stereocenters. The number of hydrogen-bond donors (Lipinski definition) is 1. The van der Waals surface area contributed by atoms with E-state index in [0.29, 0.717) is 0 Å². The van der Waals surface area contributed by atoms with Crippen LogP contribution < -0.4 is 10.2 Å². The molecule has 0 bridgehead atoms. The predicted molar refractivity (Wildman–Crippen MR) is 97.6 cm³/mol. The zero-order valence-corrected chi connectivity index (χ0v) is 14.1. The van der Waals surface area contributed by atoms with Gasteiger partial charge in [-0.05, 0) is 55.0 Å². The highest BCUT2D eigenvalue weighted by molar-refractivity contribution is 5.84. The second-order valence-electron chi connectivity index (χ2n) is 6.28. The van der Waals surface area contributed by atoms with E-state index in [4.69, 9.17) is 0 Å². The van der Waals surface area contributed by atoms with Crippen LogP contribution in [0.15, 0.2) is 54.6 Å². The number of carbonyl (C=O) groups is 1. The number of methoxy groups -OCH3 is 1. The van der Waals surface area contributed by atoms with Crippen molar-refractivity contribution in [2.45, 2.75) is 19.3 Å². The molecule has 0 radical (unpaired) electrons. The number of ether oxygens (including phenoxy) is 1. The molecule has 1 fully saturated rings. The van der Waals surface area contributed by atoms with E-state index < -0.39 is 6.09 Å². The third kappa shape index (κ3) is 4.28. The van der Waals surface area contributed by atoms with Crippen LogP contribution >= 0.6 is 0 Å². The van der Waals surface area contributed by atoms with Gasteiger partial charge in [0.2, 0.25) is 0 Å². The third-order valence-corrected chi connectivity index (χ3v) is 4.65. The highest BCUT2D eigenvalue weighted by atomic mass is 16.5. The molecule has 24 heavy (non-hydrogen) atoms. The molecule has 1 aliphatic heterocycles. The lowest BCUT2D eigenvalue weighted by molar-refractivity contribution is 0.187. The molecule has 1 saturated heterocycles. The van der Waals surface area contributed by atoms with Crippen molar-refractivity contribution in [1.29, 1.82) is 0 Å². The summed E-state index contributed by atoms with van der Waals surface area (Å²) in [6.07, 6.45) is 3.18. The van der Waals surface area contributed by atoms with E-state index in [1.807, 2.05) is 12.1 Å². The van der Waals surface area contributed by atoms with E-state index in [1.54, 1.807) is 0 Å². The van der Waals surface area contributed by atoms with Crippen molar-refractivity contribution in [2.24, 2.45) is 5.92 Å². The van der Waals surface area contributed by atoms with Gasteiger partial charge in [-0.15, -0.1) is 0 Å². The standard InChI is InChI=1S/C20H24N2O2/c1-24-20(23)21-18-7-9-19(10-8-18)22-13-11-17(12-14-22)15-16-5-3-2-4-6-16/h2-10,17H,11-15H2,1H3,(H,21,23). The quantitative estimate of drug-likeness (QED) is 0.910. The molecule has 0 atom stereocenters. The average molecular weight is 324 g/mol. The summed E-state index contributed by atoms with van der Waals surface area (Å²) in [6, 6.07) is 18.7. The summed E-state index contributed by atoms with van der Waals surface area (Å²) in [5.74, 6) is 0.768. The zero-order valence-electron chi connectivity index (χ0n) is 14.1. The maximum Gasteiger partial charge on any atom is 0.411 e. The van der Waals surface area contributed by atoms with Crippen LogP contribution in [-0.2, 0) is 11.2 Å². The largest absolute Gasteiger partial charge is 0.453 e. The number of benzene rings is 2. The summed E-state index contributed by atoms with van der Waals surface area (Å²) in [5.41, 5.74) is 3.40. The van der Waals surface area contributed by atoms with Crippen LogP contribution in [0.5, 0.6) is 0 Å². The van der Waals surface area contributed by atoms with Gasteiger partial charge in [-0.2, -0.15) is 0 Å². The van der Waals surface area contributed by atoms with Gasteiger partial charge in [0.15, 0.2) is 0 Å². The van der Waals surface area contributed by atoms with E-state index >= 15 is 0 Å². The van der Waals surface area contributed by atoms with Crippen LogP contribution in [0.4, 0.5) is 16.2 Å². The molecule has 3 rings (SSSR count). The van der Waals surface area contributed by atoms with Crippen LogP contribution in [0, 0.1) is 5.92 Å². The Labute approximate surface area is 143 Å². The molecule has 0 aromatic heterocycles. The molecular formula is C20H24N2O2. The molecule has 2 aromatic rings. The lowest BCUT2D eigenvalue weighted by Crippen LogP contribution is -2.34. The zero-order chi connectivity index (χ0) is 16.8. The normalized spacial score (nSPS) is 15.1. The second kappa shape index (κ2) is 7.86. The van der Waals surface area contributed by atoms with Crippen LogP contribution in [0.3, 0.4) is 0 Å². The van der Waals surface area contributed by atoms with Crippen molar-refractivity contribution in [1.82, 2.24) is 0 Å². The first-order valence-electron chi connectivity index (χ1n) is 8.48. The van der Waals surface area contributed by atoms with Crippen molar-refractivity contribution >= 4 is 17.5 Å². The summed E-state index contributed by atoms with van der Waals surface area (Å²) < 4.78 is 4.60. The number of hydrogen-bond acceptors (Lipinski definition) is 3. The number of carbonyl (C=O) groups excluding carboxylic acids is 1. The maximum atomic E-state index is 11.2. The molecule has 126 valence electrons. The Balaban J connectivity index is 1.52. The van der Waals surface area contributed by atoms with Gasteiger partial charge >= 0.3 is 6.09 Å². The van der Waals surface area contributed by atoms with E-state index in [0.717, 1.165) is 24.7 Å². The Morgan fingerprint density at radius 1 is 1.08 bits per heavy atom. The fourth-order valence-corrected chi connectivity index (χ4v) is 3.27. The lowest BCUT2D eigenvalue weighted by Gasteiger charge is -2.33. The summed E-state index contributed by atoms with van der Waals surface area (Å²) in [4.78, 5) is 13.6. The number of amides is 1. The smallest absolute Gasteiger partial charge is 0.411 e. The van der Waals surface area contributed by atoms with Crippen molar-refractivity contribution in [3.8, 4) is 0 Å². The van der Waals surface area contributed by atoms with Gasteiger partial charge in [-0.3, -0.25) is 5.32 Å². The number of nitrogens with one attached hydrogen (secondary N) is 1. The minimum absolute atomic E-state index is 0.440. The van der Waals surface area contributed by atoms with Crippen molar-refractivity contribution in [3.05, 3.63) is 60.2 Å². The molecule has 1 amide bonds. The fraction of sp³-hybridized carbons (Fsp3) is 0.350. The van der Waals surface area contributed by atoms with Gasteiger partial charge in [0.25, 0.3) is 0 Å². The Morgan fingerprint density at radius 3 is 2.38 bits per heavy atom. The molecule has 4 heteroatoms. The van der Waals surface area contributed by atoms with Crippen molar-refractivity contribution < 1.29 is 9.53 Å². The molecule has 0 spiro atoms. The summed E-state index contributed by atoms with van der Waals surface area (Å²) in [7, 11) is 1.36. The molecular weight excluding hydrogens is 300 g/mol. The van der Waals surface area contributed by atoms with E-state index in [1.165, 1.54) is 37.6 Å². The third-order valence-electron chi connectivity index (χ3n) is 4.65. The SMILES string of the molecule is COC(=O)Nc1ccc(N2CCC(Cc3ccccc3)CC2)cc1. The Kier molecular flexibility index (Phi) is 5.36. The molecule has 0 aliphatic carbocycles. The number of rotatable bonds is 4. The van der Waals surface area contributed by atoms with Crippen molar-refractivity contribution in [2.75, 3.05) is 30.4 Å². The highest BCUT2D eigenvalue weighted by Crippen LogP contribution is 2.26. The Morgan fingerprint density at radius 2 is 1.75 bits per heavy atom.